The van der Waals surface area contributed by atoms with E-state index in [1.54, 1.807) is 0 Å². The van der Waals surface area contributed by atoms with Crippen LogP contribution in [0.2, 0.25) is 0 Å². The molecule has 0 aromatic carbocycles. The van der Waals surface area contributed by atoms with Crippen molar-refractivity contribution in [2.75, 3.05) is 26.3 Å². The monoisotopic (exact) mass is 250 g/mol. The average molecular weight is 251 g/mol. The molecule has 1 aliphatic rings. The first-order chi connectivity index (χ1) is 7.15. The molecule has 1 N–H and O–H groups in total. The summed E-state index contributed by atoms with van der Waals surface area (Å²) < 4.78 is 5.32. The Balaban J connectivity index is 0.00000225. The molecule has 1 heterocycles. The van der Waals surface area contributed by atoms with Gasteiger partial charge in [-0.3, -0.25) is 4.79 Å². The summed E-state index contributed by atoms with van der Waals surface area (Å²) in [6, 6.07) is 0.478. The minimum Gasteiger partial charge on any atom is -0.378 e. The summed E-state index contributed by atoms with van der Waals surface area (Å²) >= 11 is 0. The van der Waals surface area contributed by atoms with Crippen LogP contribution < -0.4 is 5.32 Å². The zero-order valence-corrected chi connectivity index (χ0v) is 11.2. The Morgan fingerprint density at radius 1 is 1.56 bits per heavy atom. The van der Waals surface area contributed by atoms with Gasteiger partial charge in [0.05, 0.1) is 13.2 Å². The van der Waals surface area contributed by atoms with Crippen molar-refractivity contribution in [3.63, 3.8) is 0 Å². The lowest BCUT2D eigenvalue weighted by Gasteiger charge is -2.29. The molecule has 16 heavy (non-hydrogen) atoms. The van der Waals surface area contributed by atoms with Crippen LogP contribution in [0.4, 0.5) is 0 Å². The highest BCUT2D eigenvalue weighted by Crippen LogP contribution is 2.05. The topological polar surface area (TPSA) is 41.6 Å². The smallest absolute Gasteiger partial charge is 0.224 e. The van der Waals surface area contributed by atoms with Crippen LogP contribution in [0.5, 0.6) is 0 Å². The van der Waals surface area contributed by atoms with Gasteiger partial charge in [0.25, 0.3) is 0 Å². The molecule has 0 spiro atoms. The Labute approximate surface area is 104 Å². The van der Waals surface area contributed by atoms with Gasteiger partial charge in [0, 0.05) is 31.6 Å². The fraction of sp³-hybridized carbons (Fsp3) is 0.909. The van der Waals surface area contributed by atoms with Crippen LogP contribution in [0.25, 0.3) is 0 Å². The highest BCUT2D eigenvalue weighted by Gasteiger charge is 2.21. The van der Waals surface area contributed by atoms with Gasteiger partial charge in [-0.25, -0.2) is 0 Å². The molecule has 96 valence electrons. The van der Waals surface area contributed by atoms with Crippen molar-refractivity contribution in [2.24, 2.45) is 0 Å². The summed E-state index contributed by atoms with van der Waals surface area (Å²) in [5, 5.41) is 3.30. The van der Waals surface area contributed by atoms with Crippen LogP contribution in [0.15, 0.2) is 0 Å². The van der Waals surface area contributed by atoms with Crippen LogP contribution in [0.1, 0.15) is 27.2 Å². The van der Waals surface area contributed by atoms with E-state index in [2.05, 4.69) is 5.32 Å². The van der Waals surface area contributed by atoms with E-state index in [1.807, 2.05) is 25.7 Å². The predicted molar refractivity (Wildman–Crippen MR) is 67.0 cm³/mol. The lowest BCUT2D eigenvalue weighted by atomic mass is 10.1. The normalized spacial score (nSPS) is 20.4. The molecule has 1 amide bonds. The Hall–Kier alpha value is -0.320. The van der Waals surface area contributed by atoms with Crippen molar-refractivity contribution < 1.29 is 9.53 Å². The fourth-order valence-electron chi connectivity index (χ4n) is 1.91. The van der Waals surface area contributed by atoms with Gasteiger partial charge in [0.1, 0.15) is 0 Å². The number of carbonyl (C=O) groups excluding carboxylic acids is 1. The molecule has 0 aromatic rings. The number of morpholine rings is 1. The highest BCUT2D eigenvalue weighted by atomic mass is 35.5. The molecule has 0 radical (unpaired) electrons. The van der Waals surface area contributed by atoms with E-state index in [-0.39, 0.29) is 30.4 Å². The Morgan fingerprint density at radius 3 is 2.69 bits per heavy atom. The number of nitrogens with zero attached hydrogens (tertiary/aromatic N) is 1. The Kier molecular flexibility index (Phi) is 7.72. The zero-order chi connectivity index (χ0) is 11.3. The molecular formula is C11H23ClN2O2. The van der Waals surface area contributed by atoms with Gasteiger partial charge in [-0.1, -0.05) is 0 Å². The summed E-state index contributed by atoms with van der Waals surface area (Å²) in [6.45, 7) is 9.16. The van der Waals surface area contributed by atoms with E-state index in [9.17, 15) is 4.79 Å². The van der Waals surface area contributed by atoms with Gasteiger partial charge in [0.2, 0.25) is 5.91 Å². The van der Waals surface area contributed by atoms with Crippen molar-refractivity contribution in [1.82, 2.24) is 10.2 Å². The maximum atomic E-state index is 11.9. The third kappa shape index (κ3) is 4.68. The lowest BCUT2D eigenvalue weighted by molar-refractivity contribution is -0.133. The van der Waals surface area contributed by atoms with E-state index in [1.165, 1.54) is 0 Å². The molecule has 0 aliphatic carbocycles. The second kappa shape index (κ2) is 7.87. The molecule has 1 unspecified atom stereocenters. The molecular weight excluding hydrogens is 228 g/mol. The van der Waals surface area contributed by atoms with Gasteiger partial charge < -0.3 is 15.0 Å². The second-order valence-electron chi connectivity index (χ2n) is 4.20. The number of ether oxygens (including phenoxy) is 1. The van der Waals surface area contributed by atoms with Gasteiger partial charge in [0.15, 0.2) is 0 Å². The molecule has 1 atom stereocenters. The Morgan fingerprint density at radius 2 is 2.25 bits per heavy atom. The lowest BCUT2D eigenvalue weighted by Crippen LogP contribution is -2.46. The number of hydrogen-bond acceptors (Lipinski definition) is 3. The molecule has 1 fully saturated rings. The molecule has 0 saturated carbocycles. The van der Waals surface area contributed by atoms with Crippen LogP contribution in [-0.2, 0) is 9.53 Å². The minimum atomic E-state index is 0. The maximum Gasteiger partial charge on any atom is 0.224 e. The molecule has 1 rings (SSSR count). The first kappa shape index (κ1) is 15.7. The molecule has 5 heteroatoms. The zero-order valence-electron chi connectivity index (χ0n) is 10.4. The van der Waals surface area contributed by atoms with E-state index < -0.39 is 0 Å². The van der Waals surface area contributed by atoms with Crippen LogP contribution in [-0.4, -0.2) is 49.2 Å². The van der Waals surface area contributed by atoms with Crippen LogP contribution in [0, 0.1) is 0 Å². The van der Waals surface area contributed by atoms with E-state index in [0.29, 0.717) is 13.0 Å². The second-order valence-corrected chi connectivity index (χ2v) is 4.20. The standard InChI is InChI=1S/C11H22N2O2.ClH/c1-4-13(9(2)3)11(14)7-10-8-15-6-5-12-10;/h9-10,12H,4-8H2,1-3H3;1H. The van der Waals surface area contributed by atoms with Crippen molar-refractivity contribution in [2.45, 2.75) is 39.3 Å². The number of halogens is 1. The number of hydrogen-bond donors (Lipinski definition) is 1. The van der Waals surface area contributed by atoms with Crippen LogP contribution >= 0.6 is 12.4 Å². The molecule has 0 aromatic heterocycles. The largest absolute Gasteiger partial charge is 0.378 e. The number of nitrogens with one attached hydrogen (secondary N) is 1. The summed E-state index contributed by atoms with van der Waals surface area (Å²) in [4.78, 5) is 13.8. The molecule has 1 saturated heterocycles. The minimum absolute atomic E-state index is 0. The fourth-order valence-corrected chi connectivity index (χ4v) is 1.91. The quantitative estimate of drug-likeness (QED) is 0.811. The van der Waals surface area contributed by atoms with Gasteiger partial charge in [-0.15, -0.1) is 12.4 Å². The SMILES string of the molecule is CCN(C(=O)CC1COCCN1)C(C)C.Cl. The number of carbonyl (C=O) groups is 1. The van der Waals surface area contributed by atoms with E-state index in [4.69, 9.17) is 4.74 Å². The van der Waals surface area contributed by atoms with Gasteiger partial charge in [-0.05, 0) is 20.8 Å². The van der Waals surface area contributed by atoms with Gasteiger partial charge >= 0.3 is 0 Å². The molecule has 0 bridgehead atoms. The predicted octanol–water partition coefficient (Wildman–Crippen LogP) is 1.04. The summed E-state index contributed by atoms with van der Waals surface area (Å²) in [7, 11) is 0. The molecule has 1 aliphatic heterocycles. The third-order valence-corrected chi connectivity index (χ3v) is 2.70. The summed E-state index contributed by atoms with van der Waals surface area (Å²) in [5.74, 6) is 0.218. The molecule has 4 nitrogen and oxygen atoms in total. The van der Waals surface area contributed by atoms with Crippen LogP contribution in [0.3, 0.4) is 0 Å². The number of amides is 1. The summed E-state index contributed by atoms with van der Waals surface area (Å²) in [5.41, 5.74) is 0. The van der Waals surface area contributed by atoms with E-state index >= 15 is 0 Å². The van der Waals surface area contributed by atoms with E-state index in [0.717, 1.165) is 19.7 Å². The maximum absolute atomic E-state index is 11.9. The number of rotatable bonds is 4. The Bertz CT molecular complexity index is 206. The highest BCUT2D eigenvalue weighted by molar-refractivity contribution is 5.85. The first-order valence-electron chi connectivity index (χ1n) is 5.75. The van der Waals surface area contributed by atoms with Crippen molar-refractivity contribution >= 4 is 18.3 Å². The summed E-state index contributed by atoms with van der Waals surface area (Å²) in [6.07, 6.45) is 0.548. The average Bonchev–Trinajstić information content (AvgIpc) is 2.19. The van der Waals surface area contributed by atoms with Crippen molar-refractivity contribution in [3.05, 3.63) is 0 Å². The van der Waals surface area contributed by atoms with Crippen molar-refractivity contribution in [1.29, 1.82) is 0 Å². The third-order valence-electron chi connectivity index (χ3n) is 2.70. The van der Waals surface area contributed by atoms with Crippen molar-refractivity contribution in [3.8, 4) is 0 Å². The van der Waals surface area contributed by atoms with Gasteiger partial charge in [-0.2, -0.15) is 0 Å². The first-order valence-corrected chi connectivity index (χ1v) is 5.75.